The van der Waals surface area contributed by atoms with E-state index in [1.807, 2.05) is 14.0 Å². The van der Waals surface area contributed by atoms with Gasteiger partial charge in [0.05, 0.1) is 5.69 Å². The largest absolute Gasteiger partial charge is 0.473 e. The molecule has 4 nitrogen and oxygen atoms in total. The molecule has 1 fully saturated rings. The Hall–Kier alpha value is -1.19. The van der Waals surface area contributed by atoms with E-state index in [1.165, 1.54) is 6.42 Å². The lowest BCUT2D eigenvalue weighted by molar-refractivity contribution is 0.110. The molecule has 0 saturated heterocycles. The molecule has 0 unspecified atom stereocenters. The van der Waals surface area contributed by atoms with Gasteiger partial charge in [-0.15, -0.1) is 0 Å². The van der Waals surface area contributed by atoms with Gasteiger partial charge in [0.1, 0.15) is 11.8 Å². The van der Waals surface area contributed by atoms with Crippen molar-refractivity contribution in [1.82, 2.24) is 9.78 Å². The summed E-state index contributed by atoms with van der Waals surface area (Å²) in [5, 5.41) is 4.31. The third kappa shape index (κ3) is 1.45. The first-order valence-electron chi connectivity index (χ1n) is 5.20. The van der Waals surface area contributed by atoms with Gasteiger partial charge in [0.25, 0.3) is 0 Å². The number of hydrogen-bond acceptors (Lipinski definition) is 3. The maximum Gasteiger partial charge on any atom is 0.236 e. The van der Waals surface area contributed by atoms with Gasteiger partial charge >= 0.3 is 0 Å². The molecule has 0 radical (unpaired) electrons. The summed E-state index contributed by atoms with van der Waals surface area (Å²) in [6.45, 7) is 2.05. The van der Waals surface area contributed by atoms with Crippen molar-refractivity contribution in [3.63, 3.8) is 0 Å². The Kier molecular flexibility index (Phi) is 2.35. The van der Waals surface area contributed by atoms with Crippen molar-refractivity contribution in [2.75, 3.05) is 5.73 Å². The fourth-order valence-electron chi connectivity index (χ4n) is 1.63. The second-order valence-corrected chi connectivity index (χ2v) is 3.81. The molecular weight excluding hydrogens is 178 g/mol. The van der Waals surface area contributed by atoms with E-state index in [0.29, 0.717) is 11.8 Å². The normalized spacial score (nSPS) is 16.7. The highest BCUT2D eigenvalue weighted by Crippen LogP contribution is 2.30. The molecule has 4 heteroatoms. The first-order chi connectivity index (χ1) is 6.72. The van der Waals surface area contributed by atoms with Crippen LogP contribution in [0.5, 0.6) is 5.88 Å². The van der Waals surface area contributed by atoms with Crippen LogP contribution >= 0.6 is 0 Å². The summed E-state index contributed by atoms with van der Waals surface area (Å²) in [5.74, 6) is 0.742. The lowest BCUT2D eigenvalue weighted by Crippen LogP contribution is -2.25. The highest BCUT2D eigenvalue weighted by molar-refractivity contribution is 5.53. The second kappa shape index (κ2) is 3.52. The van der Waals surface area contributed by atoms with E-state index in [0.717, 1.165) is 30.8 Å². The standard InChI is InChI=1S/C10H17N3O/c1-3-8-9(11)10(13(2)12-8)14-7-5-4-6-7/h7H,3-6,11H2,1-2H3. The Bertz CT molecular complexity index is 328. The van der Waals surface area contributed by atoms with Crippen LogP contribution in [0, 0.1) is 0 Å². The Labute approximate surface area is 84.0 Å². The number of nitrogens with zero attached hydrogens (tertiary/aromatic N) is 2. The zero-order chi connectivity index (χ0) is 10.1. The van der Waals surface area contributed by atoms with Crippen molar-refractivity contribution in [1.29, 1.82) is 0 Å². The fraction of sp³-hybridized carbons (Fsp3) is 0.700. The number of aryl methyl sites for hydroxylation is 2. The number of ether oxygens (including phenoxy) is 1. The molecule has 0 aliphatic heterocycles. The molecule has 78 valence electrons. The van der Waals surface area contributed by atoms with Crippen molar-refractivity contribution in [3.8, 4) is 5.88 Å². The predicted molar refractivity (Wildman–Crippen MR) is 55.3 cm³/mol. The van der Waals surface area contributed by atoms with E-state index >= 15 is 0 Å². The van der Waals surface area contributed by atoms with Crippen LogP contribution in [0.4, 0.5) is 5.69 Å². The molecule has 0 atom stereocenters. The number of rotatable bonds is 3. The van der Waals surface area contributed by atoms with Crippen molar-refractivity contribution < 1.29 is 4.74 Å². The minimum absolute atomic E-state index is 0.359. The van der Waals surface area contributed by atoms with Crippen LogP contribution in [0.15, 0.2) is 0 Å². The zero-order valence-corrected chi connectivity index (χ0v) is 8.79. The molecule has 2 rings (SSSR count). The number of anilines is 1. The molecule has 1 heterocycles. The molecule has 0 aromatic carbocycles. The maximum absolute atomic E-state index is 5.93. The van der Waals surface area contributed by atoms with Gasteiger partial charge in [0, 0.05) is 7.05 Å². The molecular formula is C10H17N3O. The highest BCUT2D eigenvalue weighted by Gasteiger charge is 2.23. The third-order valence-electron chi connectivity index (χ3n) is 2.77. The van der Waals surface area contributed by atoms with E-state index in [2.05, 4.69) is 5.10 Å². The molecule has 1 aromatic rings. The van der Waals surface area contributed by atoms with Crippen molar-refractivity contribution in [2.45, 2.75) is 38.7 Å². The predicted octanol–water partition coefficient (Wildman–Crippen LogP) is 1.50. The number of aromatic nitrogens is 2. The summed E-state index contributed by atoms with van der Waals surface area (Å²) in [4.78, 5) is 0. The summed E-state index contributed by atoms with van der Waals surface area (Å²) in [5.41, 5.74) is 7.58. The van der Waals surface area contributed by atoms with Gasteiger partial charge < -0.3 is 10.5 Å². The zero-order valence-electron chi connectivity index (χ0n) is 8.79. The maximum atomic E-state index is 5.93. The fourth-order valence-corrected chi connectivity index (χ4v) is 1.63. The molecule has 14 heavy (non-hydrogen) atoms. The minimum Gasteiger partial charge on any atom is -0.473 e. The summed E-state index contributed by atoms with van der Waals surface area (Å²) in [6.07, 6.45) is 4.77. The summed E-state index contributed by atoms with van der Waals surface area (Å²) >= 11 is 0. The average molecular weight is 195 g/mol. The van der Waals surface area contributed by atoms with Crippen molar-refractivity contribution in [2.24, 2.45) is 7.05 Å². The molecule has 0 bridgehead atoms. The van der Waals surface area contributed by atoms with Gasteiger partial charge in [0.2, 0.25) is 5.88 Å². The molecule has 1 saturated carbocycles. The van der Waals surface area contributed by atoms with Crippen LogP contribution in [-0.2, 0) is 13.5 Å². The summed E-state index contributed by atoms with van der Waals surface area (Å²) in [7, 11) is 1.88. The van der Waals surface area contributed by atoms with Crippen LogP contribution in [0.2, 0.25) is 0 Å². The first-order valence-corrected chi connectivity index (χ1v) is 5.20. The van der Waals surface area contributed by atoms with E-state index in [9.17, 15) is 0 Å². The van der Waals surface area contributed by atoms with Gasteiger partial charge in [-0.25, -0.2) is 4.68 Å². The van der Waals surface area contributed by atoms with Gasteiger partial charge in [-0.05, 0) is 25.7 Å². The van der Waals surface area contributed by atoms with Gasteiger partial charge in [-0.1, -0.05) is 6.92 Å². The summed E-state index contributed by atoms with van der Waals surface area (Å²) < 4.78 is 7.51. The monoisotopic (exact) mass is 195 g/mol. The lowest BCUT2D eigenvalue weighted by atomic mass is 9.96. The van der Waals surface area contributed by atoms with Crippen molar-refractivity contribution in [3.05, 3.63) is 5.69 Å². The third-order valence-corrected chi connectivity index (χ3v) is 2.77. The summed E-state index contributed by atoms with van der Waals surface area (Å²) in [6, 6.07) is 0. The molecule has 1 aromatic heterocycles. The Balaban J connectivity index is 2.18. The average Bonchev–Trinajstić information content (AvgIpc) is 2.36. The van der Waals surface area contributed by atoms with E-state index in [-0.39, 0.29) is 0 Å². The van der Waals surface area contributed by atoms with Crippen LogP contribution in [-0.4, -0.2) is 15.9 Å². The number of hydrogen-bond donors (Lipinski definition) is 1. The Morgan fingerprint density at radius 1 is 1.57 bits per heavy atom. The molecule has 1 aliphatic carbocycles. The first kappa shape index (κ1) is 9.37. The molecule has 0 amide bonds. The smallest absolute Gasteiger partial charge is 0.236 e. The second-order valence-electron chi connectivity index (χ2n) is 3.81. The minimum atomic E-state index is 0.359. The quantitative estimate of drug-likeness (QED) is 0.795. The topological polar surface area (TPSA) is 53.1 Å². The molecule has 1 aliphatic rings. The van der Waals surface area contributed by atoms with Crippen LogP contribution in [0.25, 0.3) is 0 Å². The number of nitrogens with two attached hydrogens (primary N) is 1. The number of nitrogen functional groups attached to an aromatic ring is 1. The van der Waals surface area contributed by atoms with Crippen molar-refractivity contribution >= 4 is 5.69 Å². The van der Waals surface area contributed by atoms with Gasteiger partial charge in [-0.2, -0.15) is 5.10 Å². The Morgan fingerprint density at radius 3 is 2.71 bits per heavy atom. The molecule has 2 N–H and O–H groups in total. The van der Waals surface area contributed by atoms with E-state index in [4.69, 9.17) is 10.5 Å². The van der Waals surface area contributed by atoms with Gasteiger partial charge in [-0.3, -0.25) is 0 Å². The lowest BCUT2D eigenvalue weighted by Gasteiger charge is -2.26. The van der Waals surface area contributed by atoms with Crippen LogP contribution < -0.4 is 10.5 Å². The Morgan fingerprint density at radius 2 is 2.29 bits per heavy atom. The van der Waals surface area contributed by atoms with E-state index in [1.54, 1.807) is 4.68 Å². The van der Waals surface area contributed by atoms with Crippen LogP contribution in [0.1, 0.15) is 31.9 Å². The van der Waals surface area contributed by atoms with Crippen LogP contribution in [0.3, 0.4) is 0 Å². The SMILES string of the molecule is CCc1nn(C)c(OC2CCC2)c1N. The van der Waals surface area contributed by atoms with Gasteiger partial charge in [0.15, 0.2) is 0 Å². The highest BCUT2D eigenvalue weighted by atomic mass is 16.5. The molecule has 0 spiro atoms. The van der Waals surface area contributed by atoms with E-state index < -0.39 is 0 Å².